The molecule has 0 saturated carbocycles. The van der Waals surface area contributed by atoms with Gasteiger partial charge in [-0.2, -0.15) is 5.26 Å². The quantitative estimate of drug-likeness (QED) is 0.810. The van der Waals surface area contributed by atoms with Crippen LogP contribution in [0, 0.1) is 11.3 Å². The van der Waals surface area contributed by atoms with E-state index in [1.54, 1.807) is 18.2 Å². The molecule has 78 valence electrons. The maximum Gasteiger partial charge on any atom is 0.303 e. The van der Waals surface area contributed by atoms with Crippen molar-refractivity contribution in [2.24, 2.45) is 0 Å². The third kappa shape index (κ3) is 2.99. The number of carboxylic acid groups (broad SMARTS) is 1. The molecular weight excluding hydrogens is 194 g/mol. The topological polar surface area (TPSA) is 70.3 Å². The normalized spacial score (nSPS) is 9.33. The van der Waals surface area contributed by atoms with Crippen LogP contribution in [0.5, 0.6) is 5.75 Å². The summed E-state index contributed by atoms with van der Waals surface area (Å²) in [6.07, 6.45) is 0.465. The SMILES string of the molecule is COc1cc(C#N)ccc1CCC(=O)O. The standard InChI is InChI=1S/C11H11NO3/c1-15-10-6-8(7-12)2-3-9(10)4-5-11(13)14/h2-3,6H,4-5H2,1H3,(H,13,14). The van der Waals surface area contributed by atoms with Gasteiger partial charge in [-0.25, -0.2) is 0 Å². The van der Waals surface area contributed by atoms with Crippen molar-refractivity contribution in [1.29, 1.82) is 5.26 Å². The van der Waals surface area contributed by atoms with E-state index in [1.807, 2.05) is 6.07 Å². The van der Waals surface area contributed by atoms with Crippen molar-refractivity contribution < 1.29 is 14.6 Å². The number of nitriles is 1. The molecule has 0 aliphatic rings. The van der Waals surface area contributed by atoms with Crippen molar-refractivity contribution in [2.75, 3.05) is 7.11 Å². The molecule has 1 aromatic carbocycles. The highest BCUT2D eigenvalue weighted by Gasteiger charge is 2.06. The summed E-state index contributed by atoms with van der Waals surface area (Å²) in [5.74, 6) is -0.281. The zero-order valence-corrected chi connectivity index (χ0v) is 8.36. The second-order valence-electron chi connectivity index (χ2n) is 3.03. The highest BCUT2D eigenvalue weighted by molar-refractivity contribution is 5.67. The van der Waals surface area contributed by atoms with Gasteiger partial charge in [-0.3, -0.25) is 4.79 Å². The van der Waals surface area contributed by atoms with Gasteiger partial charge in [0.15, 0.2) is 0 Å². The van der Waals surface area contributed by atoms with Crippen LogP contribution < -0.4 is 4.74 Å². The van der Waals surface area contributed by atoms with Gasteiger partial charge in [0.2, 0.25) is 0 Å². The van der Waals surface area contributed by atoms with Crippen molar-refractivity contribution in [3.05, 3.63) is 29.3 Å². The van der Waals surface area contributed by atoms with Gasteiger partial charge in [-0.05, 0) is 24.1 Å². The Balaban J connectivity index is 2.88. The molecule has 0 unspecified atom stereocenters. The Morgan fingerprint density at radius 1 is 1.60 bits per heavy atom. The van der Waals surface area contributed by atoms with Gasteiger partial charge in [0.25, 0.3) is 0 Å². The lowest BCUT2D eigenvalue weighted by molar-refractivity contribution is -0.136. The van der Waals surface area contributed by atoms with Crippen molar-refractivity contribution in [3.8, 4) is 11.8 Å². The summed E-state index contributed by atoms with van der Waals surface area (Å²) in [6, 6.07) is 6.98. The van der Waals surface area contributed by atoms with Gasteiger partial charge in [0, 0.05) is 6.42 Å². The van der Waals surface area contributed by atoms with E-state index < -0.39 is 5.97 Å². The molecule has 0 amide bonds. The number of aryl methyl sites for hydroxylation is 1. The van der Waals surface area contributed by atoms with Crippen LogP contribution >= 0.6 is 0 Å². The molecule has 0 fully saturated rings. The minimum atomic E-state index is -0.846. The zero-order valence-electron chi connectivity index (χ0n) is 8.36. The molecule has 4 heteroatoms. The Morgan fingerprint density at radius 2 is 2.33 bits per heavy atom. The number of hydrogen-bond acceptors (Lipinski definition) is 3. The fourth-order valence-corrected chi connectivity index (χ4v) is 1.26. The van der Waals surface area contributed by atoms with Gasteiger partial charge >= 0.3 is 5.97 Å². The predicted octanol–water partition coefficient (Wildman–Crippen LogP) is 1.58. The summed E-state index contributed by atoms with van der Waals surface area (Å²) in [4.78, 5) is 10.4. The Bertz CT molecular complexity index is 407. The fourth-order valence-electron chi connectivity index (χ4n) is 1.26. The van der Waals surface area contributed by atoms with E-state index in [4.69, 9.17) is 15.1 Å². The van der Waals surface area contributed by atoms with Gasteiger partial charge in [-0.1, -0.05) is 6.07 Å². The second-order valence-corrected chi connectivity index (χ2v) is 3.03. The first kappa shape index (κ1) is 11.1. The Labute approximate surface area is 87.7 Å². The minimum absolute atomic E-state index is 0.0578. The van der Waals surface area contributed by atoms with Crippen LogP contribution in [-0.4, -0.2) is 18.2 Å². The first-order chi connectivity index (χ1) is 7.17. The number of ether oxygens (including phenoxy) is 1. The number of carboxylic acids is 1. The van der Waals surface area contributed by atoms with E-state index in [1.165, 1.54) is 7.11 Å². The molecule has 0 spiro atoms. The molecular formula is C11H11NO3. The summed E-state index contributed by atoms with van der Waals surface area (Å²) < 4.78 is 5.08. The van der Waals surface area contributed by atoms with Crippen molar-refractivity contribution >= 4 is 5.97 Å². The van der Waals surface area contributed by atoms with Gasteiger partial charge in [-0.15, -0.1) is 0 Å². The van der Waals surface area contributed by atoms with Crippen LogP contribution in [0.25, 0.3) is 0 Å². The van der Waals surface area contributed by atoms with E-state index in [0.717, 1.165) is 5.56 Å². The van der Waals surface area contributed by atoms with Crippen LogP contribution in [-0.2, 0) is 11.2 Å². The molecule has 1 aromatic rings. The minimum Gasteiger partial charge on any atom is -0.496 e. The van der Waals surface area contributed by atoms with Gasteiger partial charge in [0.05, 0.1) is 18.7 Å². The summed E-state index contributed by atoms with van der Waals surface area (Å²) in [5.41, 5.74) is 1.31. The molecule has 0 aliphatic heterocycles. The van der Waals surface area contributed by atoms with Crippen molar-refractivity contribution in [1.82, 2.24) is 0 Å². The molecule has 15 heavy (non-hydrogen) atoms. The smallest absolute Gasteiger partial charge is 0.303 e. The highest BCUT2D eigenvalue weighted by atomic mass is 16.5. The van der Waals surface area contributed by atoms with Gasteiger partial charge in [0.1, 0.15) is 5.75 Å². The molecule has 1 N–H and O–H groups in total. The molecule has 0 aliphatic carbocycles. The fraction of sp³-hybridized carbons (Fsp3) is 0.273. The molecule has 0 saturated heterocycles. The lowest BCUT2D eigenvalue weighted by atomic mass is 10.1. The van der Waals surface area contributed by atoms with E-state index in [-0.39, 0.29) is 6.42 Å². The largest absolute Gasteiger partial charge is 0.496 e. The van der Waals surface area contributed by atoms with Crippen molar-refractivity contribution in [3.63, 3.8) is 0 Å². The highest BCUT2D eigenvalue weighted by Crippen LogP contribution is 2.21. The summed E-state index contributed by atoms with van der Waals surface area (Å²) in [6.45, 7) is 0. The Kier molecular flexibility index (Phi) is 3.69. The molecule has 0 radical (unpaired) electrons. The maximum atomic E-state index is 10.4. The summed E-state index contributed by atoms with van der Waals surface area (Å²) in [7, 11) is 1.50. The van der Waals surface area contributed by atoms with Crippen molar-refractivity contribution in [2.45, 2.75) is 12.8 Å². The first-order valence-corrected chi connectivity index (χ1v) is 4.46. The Hall–Kier alpha value is -2.02. The van der Waals surface area contributed by atoms with Crippen LogP contribution in [0.15, 0.2) is 18.2 Å². The number of aliphatic carboxylic acids is 1. The van der Waals surface area contributed by atoms with E-state index in [0.29, 0.717) is 17.7 Å². The van der Waals surface area contributed by atoms with Gasteiger partial charge < -0.3 is 9.84 Å². The average molecular weight is 205 g/mol. The molecule has 4 nitrogen and oxygen atoms in total. The van der Waals surface area contributed by atoms with E-state index in [2.05, 4.69) is 0 Å². The lowest BCUT2D eigenvalue weighted by Gasteiger charge is -2.07. The maximum absolute atomic E-state index is 10.4. The molecule has 0 bridgehead atoms. The third-order valence-electron chi connectivity index (χ3n) is 2.02. The number of carbonyl (C=O) groups is 1. The molecule has 0 heterocycles. The van der Waals surface area contributed by atoms with Crippen LogP contribution in [0.1, 0.15) is 17.5 Å². The average Bonchev–Trinajstić information content (AvgIpc) is 2.25. The van der Waals surface area contributed by atoms with Crippen LogP contribution in [0.2, 0.25) is 0 Å². The summed E-state index contributed by atoms with van der Waals surface area (Å²) >= 11 is 0. The first-order valence-electron chi connectivity index (χ1n) is 4.46. The second kappa shape index (κ2) is 5.01. The Morgan fingerprint density at radius 3 is 2.87 bits per heavy atom. The number of hydrogen-bond donors (Lipinski definition) is 1. The molecule has 1 rings (SSSR count). The predicted molar refractivity (Wildman–Crippen MR) is 53.7 cm³/mol. The zero-order chi connectivity index (χ0) is 11.3. The molecule has 0 atom stereocenters. The van der Waals surface area contributed by atoms with E-state index in [9.17, 15) is 4.79 Å². The van der Waals surface area contributed by atoms with Crippen LogP contribution in [0.3, 0.4) is 0 Å². The summed E-state index contributed by atoms with van der Waals surface area (Å²) in [5, 5.41) is 17.2. The molecule has 0 aromatic heterocycles. The number of rotatable bonds is 4. The monoisotopic (exact) mass is 205 g/mol. The van der Waals surface area contributed by atoms with E-state index >= 15 is 0 Å². The third-order valence-corrected chi connectivity index (χ3v) is 2.02. The van der Waals surface area contributed by atoms with Crippen LogP contribution in [0.4, 0.5) is 0 Å². The number of benzene rings is 1. The lowest BCUT2D eigenvalue weighted by Crippen LogP contribution is -1.99. The number of methoxy groups -OCH3 is 1. The number of nitrogens with zero attached hydrogens (tertiary/aromatic N) is 1.